The molecular weight excluding hydrogens is 575 g/mol. The number of ether oxygens (including phenoxy) is 1. The van der Waals surface area contributed by atoms with Gasteiger partial charge in [0.15, 0.2) is 0 Å². The van der Waals surface area contributed by atoms with Crippen molar-refractivity contribution in [2.24, 2.45) is 5.41 Å². The summed E-state index contributed by atoms with van der Waals surface area (Å²) in [4.78, 5) is 27.0. The molecule has 5 aliphatic rings. The maximum absolute atomic E-state index is 14.1. The zero-order valence-electron chi connectivity index (χ0n) is 24.6. The number of alkyl halides is 3. The molecule has 10 nitrogen and oxygen atoms in total. The lowest BCUT2D eigenvalue weighted by Crippen LogP contribution is -2.61. The Morgan fingerprint density at radius 3 is 2.64 bits per heavy atom. The third-order valence-electron chi connectivity index (χ3n) is 8.73. The molecule has 1 saturated carbocycles. The standard InChI is InChI=1S/C28H31ClF3N7O3/c29-20-9-18(40)10-21(22(20)28(30,31)32)39-25(41)23-19(12-34-39)24(38-13-16-3-4-17(38)11-33-16)36-26(35-23)42-15-27(5-6-27)14-37-7-1-2-8-37/h9-10,12,16-17,33,40H,1-8,11,13-15H2/i15D2. The van der Waals surface area contributed by atoms with Crippen LogP contribution >= 0.6 is 11.6 Å². The van der Waals surface area contributed by atoms with Crippen molar-refractivity contribution in [1.29, 1.82) is 0 Å². The molecule has 0 spiro atoms. The maximum Gasteiger partial charge on any atom is 0.419 e. The minimum Gasteiger partial charge on any atom is -0.508 e. The Bertz CT molecular complexity index is 1670. The van der Waals surface area contributed by atoms with Gasteiger partial charge in [-0.25, -0.2) is 0 Å². The second-order valence-electron chi connectivity index (χ2n) is 11.7. The van der Waals surface area contributed by atoms with Crippen LogP contribution in [-0.4, -0.2) is 81.1 Å². The Hall–Kier alpha value is -3.16. The molecule has 3 aromatic rings. The van der Waals surface area contributed by atoms with E-state index in [0.717, 1.165) is 50.9 Å². The van der Waals surface area contributed by atoms with Crippen molar-refractivity contribution in [3.05, 3.63) is 39.3 Å². The third-order valence-corrected chi connectivity index (χ3v) is 9.02. The Kier molecular flexibility index (Phi) is 6.18. The van der Waals surface area contributed by atoms with E-state index in [1.807, 2.05) is 4.90 Å². The first-order chi connectivity index (χ1) is 20.8. The summed E-state index contributed by atoms with van der Waals surface area (Å²) in [6.07, 6.45) is 1.43. The average Bonchev–Trinajstić information content (AvgIpc) is 3.58. The van der Waals surface area contributed by atoms with E-state index in [0.29, 0.717) is 43.0 Å². The lowest BCUT2D eigenvalue weighted by atomic mass is 9.93. The van der Waals surface area contributed by atoms with Crippen molar-refractivity contribution in [1.82, 2.24) is 30.0 Å². The molecule has 1 aliphatic carbocycles. The molecule has 0 radical (unpaired) electrons. The molecule has 1 aromatic carbocycles. The van der Waals surface area contributed by atoms with E-state index in [1.165, 1.54) is 6.20 Å². The van der Waals surface area contributed by atoms with Crippen LogP contribution in [0.3, 0.4) is 0 Å². The number of hydrogen-bond donors (Lipinski definition) is 2. The number of fused-ring (bicyclic) bond motifs is 4. The Morgan fingerprint density at radius 1 is 1.21 bits per heavy atom. The van der Waals surface area contributed by atoms with Crippen LogP contribution in [0.25, 0.3) is 16.6 Å². The van der Waals surface area contributed by atoms with E-state index >= 15 is 0 Å². The molecule has 2 bridgehead atoms. The maximum atomic E-state index is 14.1. The lowest BCUT2D eigenvalue weighted by molar-refractivity contribution is -0.137. The Balaban J connectivity index is 1.36. The molecule has 0 amide bonds. The van der Waals surface area contributed by atoms with Gasteiger partial charge in [-0.2, -0.15) is 32.9 Å². The van der Waals surface area contributed by atoms with Crippen LogP contribution in [-0.2, 0) is 6.18 Å². The number of halogens is 4. The number of likely N-dealkylation sites (tertiary alicyclic amines) is 1. The van der Waals surface area contributed by atoms with Gasteiger partial charge in [0.05, 0.1) is 31.6 Å². The van der Waals surface area contributed by atoms with Crippen molar-refractivity contribution >= 4 is 28.3 Å². The topological polar surface area (TPSA) is 109 Å². The second-order valence-corrected chi connectivity index (χ2v) is 12.1. The number of piperazine rings is 1. The number of hydrogen-bond acceptors (Lipinski definition) is 9. The molecule has 14 heteroatoms. The minimum absolute atomic E-state index is 0.0248. The molecule has 8 rings (SSSR count). The average molecular weight is 608 g/mol. The number of phenolic OH excluding ortho intramolecular Hbond substituents is 1. The summed E-state index contributed by atoms with van der Waals surface area (Å²) in [6.45, 7) is 1.38. The number of anilines is 1. The molecule has 224 valence electrons. The number of piperidine rings is 2. The summed E-state index contributed by atoms with van der Waals surface area (Å²) < 4.78 is 66.4. The first-order valence-electron chi connectivity index (χ1n) is 15.2. The van der Waals surface area contributed by atoms with Crippen molar-refractivity contribution in [3.63, 3.8) is 0 Å². The van der Waals surface area contributed by atoms with Crippen molar-refractivity contribution in [2.45, 2.75) is 56.8 Å². The van der Waals surface area contributed by atoms with Gasteiger partial charge in [-0.1, -0.05) is 11.6 Å². The Morgan fingerprint density at radius 2 is 2.00 bits per heavy atom. The number of benzene rings is 1. The molecule has 2 atom stereocenters. The molecule has 4 aliphatic heterocycles. The van der Waals surface area contributed by atoms with Gasteiger partial charge in [-0.3, -0.25) is 4.79 Å². The molecule has 42 heavy (non-hydrogen) atoms. The molecular formula is C28H31ClF3N7O3. The van der Waals surface area contributed by atoms with Gasteiger partial charge in [-0.05, 0) is 57.7 Å². The van der Waals surface area contributed by atoms with Gasteiger partial charge in [-0.15, -0.1) is 0 Å². The van der Waals surface area contributed by atoms with E-state index in [-0.39, 0.29) is 29.0 Å². The highest BCUT2D eigenvalue weighted by Crippen LogP contribution is 2.47. The number of aromatic hydroxyl groups is 1. The molecule has 6 heterocycles. The van der Waals surface area contributed by atoms with Crippen LogP contribution in [0.15, 0.2) is 23.1 Å². The van der Waals surface area contributed by atoms with Gasteiger partial charge in [0.1, 0.15) is 22.6 Å². The monoisotopic (exact) mass is 607 g/mol. The van der Waals surface area contributed by atoms with Gasteiger partial charge in [0.25, 0.3) is 5.56 Å². The highest BCUT2D eigenvalue weighted by atomic mass is 35.5. The fraction of sp³-hybridized carbons (Fsp3) is 0.571. The molecule has 2 N–H and O–H groups in total. The van der Waals surface area contributed by atoms with Gasteiger partial charge in [0.2, 0.25) is 0 Å². The number of rotatable bonds is 7. The fourth-order valence-corrected chi connectivity index (χ4v) is 6.70. The lowest BCUT2D eigenvalue weighted by Gasteiger charge is -2.46. The van der Waals surface area contributed by atoms with E-state index in [1.54, 1.807) is 0 Å². The second kappa shape index (κ2) is 10.2. The van der Waals surface area contributed by atoms with Crippen molar-refractivity contribution in [2.75, 3.05) is 44.2 Å². The van der Waals surface area contributed by atoms with E-state index in [4.69, 9.17) is 19.1 Å². The SMILES string of the molecule is [2H]C([2H])(Oc1nc(N2CC3CCC2CN3)c2cnn(-c3cc(O)cc(Cl)c3C(F)(F)F)c(=O)c2n1)C1(CN2CCCC2)CC1. The Labute approximate surface area is 247 Å². The van der Waals surface area contributed by atoms with E-state index in [9.17, 15) is 23.1 Å². The normalized spacial score (nSPS) is 24.6. The summed E-state index contributed by atoms with van der Waals surface area (Å²) in [5.41, 5.74) is -4.19. The number of nitrogens with zero attached hydrogens (tertiary/aromatic N) is 6. The van der Waals surface area contributed by atoms with Gasteiger partial charge in [0, 0.05) is 43.2 Å². The summed E-state index contributed by atoms with van der Waals surface area (Å²) in [5.74, 6) is -0.278. The van der Waals surface area contributed by atoms with Gasteiger partial charge >= 0.3 is 12.2 Å². The molecule has 4 saturated heterocycles. The minimum atomic E-state index is -4.97. The number of phenols is 1. The smallest absolute Gasteiger partial charge is 0.419 e. The van der Waals surface area contributed by atoms with Crippen LogP contribution < -0.4 is 20.5 Å². The third kappa shape index (κ3) is 5.05. The molecule has 5 fully saturated rings. The van der Waals surface area contributed by atoms with Crippen LogP contribution in [0.1, 0.15) is 46.8 Å². The van der Waals surface area contributed by atoms with Crippen LogP contribution in [0.2, 0.25) is 5.02 Å². The number of nitrogens with one attached hydrogen (secondary N) is 1. The summed E-state index contributed by atoms with van der Waals surface area (Å²) in [5, 5.41) is 17.0. The van der Waals surface area contributed by atoms with Crippen LogP contribution in [0.5, 0.6) is 11.8 Å². The molecule has 2 aromatic heterocycles. The first kappa shape index (κ1) is 25.3. The highest BCUT2D eigenvalue weighted by molar-refractivity contribution is 6.31. The quantitative estimate of drug-likeness (QED) is 0.415. The van der Waals surface area contributed by atoms with Crippen LogP contribution in [0.4, 0.5) is 19.0 Å². The van der Waals surface area contributed by atoms with E-state index < -0.39 is 45.7 Å². The number of aromatic nitrogens is 4. The predicted octanol–water partition coefficient (Wildman–Crippen LogP) is 3.75. The fourth-order valence-electron chi connectivity index (χ4n) is 6.38. The van der Waals surface area contributed by atoms with Crippen molar-refractivity contribution in [3.8, 4) is 17.4 Å². The molecule has 2 unspecified atom stereocenters. The summed E-state index contributed by atoms with van der Waals surface area (Å²) >= 11 is 5.88. The summed E-state index contributed by atoms with van der Waals surface area (Å²) in [7, 11) is 0. The summed E-state index contributed by atoms with van der Waals surface area (Å²) in [6, 6.07) is 1.32. The largest absolute Gasteiger partial charge is 0.508 e. The van der Waals surface area contributed by atoms with Crippen LogP contribution in [0, 0.1) is 5.41 Å². The zero-order chi connectivity index (χ0) is 31.0. The zero-order valence-corrected chi connectivity index (χ0v) is 23.4. The predicted molar refractivity (Wildman–Crippen MR) is 150 cm³/mol. The van der Waals surface area contributed by atoms with Crippen molar-refractivity contribution < 1.29 is 25.8 Å². The van der Waals surface area contributed by atoms with Gasteiger partial charge < -0.3 is 25.0 Å². The van der Waals surface area contributed by atoms with E-state index in [2.05, 4.69) is 25.3 Å². The highest BCUT2D eigenvalue weighted by Gasteiger charge is 2.45. The first-order valence-corrected chi connectivity index (χ1v) is 14.5.